The van der Waals surface area contributed by atoms with Crippen molar-refractivity contribution >= 4 is 11.9 Å². The van der Waals surface area contributed by atoms with Crippen LogP contribution in [0.25, 0.3) is 0 Å². The number of nitrogens with zero attached hydrogens (tertiary/aromatic N) is 1. The second kappa shape index (κ2) is 9.31. The molecule has 35 heavy (non-hydrogen) atoms. The first-order chi connectivity index (χ1) is 16.6. The third kappa shape index (κ3) is 4.15. The molecule has 0 bridgehead atoms. The molecule has 1 heterocycles. The minimum Gasteiger partial charge on any atom is -0.480 e. The fraction of sp³-hybridized carbons (Fsp3) is 0.931. The first-order valence-corrected chi connectivity index (χ1v) is 14.4. The van der Waals surface area contributed by atoms with Crippen LogP contribution in [0, 0.1) is 46.3 Å². The highest BCUT2D eigenvalue weighted by molar-refractivity contribution is 5.84. The Balaban J connectivity index is 1.26. The summed E-state index contributed by atoms with van der Waals surface area (Å²) in [7, 11) is 0. The van der Waals surface area contributed by atoms with E-state index in [4.69, 9.17) is 0 Å². The van der Waals surface area contributed by atoms with Crippen LogP contribution in [0.5, 0.6) is 0 Å². The minimum atomic E-state index is -0.874. The molecular formula is C29H47NO5. The first kappa shape index (κ1) is 25.5. The molecule has 0 aromatic heterocycles. The summed E-state index contributed by atoms with van der Waals surface area (Å²) >= 11 is 0. The number of amides is 1. The average molecular weight is 490 g/mol. The quantitative estimate of drug-likeness (QED) is 0.529. The number of carboxylic acids is 1. The maximum atomic E-state index is 12.9. The van der Waals surface area contributed by atoms with Gasteiger partial charge in [-0.1, -0.05) is 20.8 Å². The van der Waals surface area contributed by atoms with Gasteiger partial charge in [-0.3, -0.25) is 4.79 Å². The minimum absolute atomic E-state index is 0.00585. The van der Waals surface area contributed by atoms with Crippen LogP contribution >= 0.6 is 0 Å². The second-order valence-electron chi connectivity index (χ2n) is 13.6. The van der Waals surface area contributed by atoms with E-state index in [1.165, 1.54) is 25.7 Å². The molecule has 5 rings (SSSR count). The van der Waals surface area contributed by atoms with Gasteiger partial charge >= 0.3 is 5.97 Å². The van der Waals surface area contributed by atoms with E-state index in [0.29, 0.717) is 54.9 Å². The second-order valence-corrected chi connectivity index (χ2v) is 13.6. The Hall–Kier alpha value is -1.14. The Labute approximate surface area is 210 Å². The van der Waals surface area contributed by atoms with Gasteiger partial charge < -0.3 is 20.2 Å². The lowest BCUT2D eigenvalue weighted by molar-refractivity contribution is -0.174. The van der Waals surface area contributed by atoms with Crippen LogP contribution in [0.4, 0.5) is 0 Å². The highest BCUT2D eigenvalue weighted by Crippen LogP contribution is 2.68. The monoisotopic (exact) mass is 489 g/mol. The molecule has 6 heteroatoms. The lowest BCUT2D eigenvalue weighted by atomic mass is 9.43. The van der Waals surface area contributed by atoms with Crippen molar-refractivity contribution in [3.05, 3.63) is 0 Å². The molecule has 4 saturated carbocycles. The summed E-state index contributed by atoms with van der Waals surface area (Å²) in [5.74, 6) is 2.01. The molecule has 3 unspecified atom stereocenters. The summed E-state index contributed by atoms with van der Waals surface area (Å²) in [6.45, 7) is 7.80. The Morgan fingerprint density at radius 2 is 1.69 bits per heavy atom. The number of aliphatic hydroxyl groups is 2. The van der Waals surface area contributed by atoms with Gasteiger partial charge in [0.15, 0.2) is 0 Å². The third-order valence-electron chi connectivity index (χ3n) is 12.1. The normalized spacial score (nSPS) is 48.1. The van der Waals surface area contributed by atoms with E-state index in [-0.39, 0.29) is 28.9 Å². The molecule has 0 aromatic carbocycles. The summed E-state index contributed by atoms with van der Waals surface area (Å²) in [6.07, 6.45) is 10.6. The van der Waals surface area contributed by atoms with Gasteiger partial charge in [0.1, 0.15) is 6.04 Å². The molecule has 1 saturated heterocycles. The largest absolute Gasteiger partial charge is 0.480 e. The summed E-state index contributed by atoms with van der Waals surface area (Å²) < 4.78 is 0. The van der Waals surface area contributed by atoms with Gasteiger partial charge in [0, 0.05) is 13.0 Å². The Bertz CT molecular complexity index is 832. The van der Waals surface area contributed by atoms with Crippen molar-refractivity contribution < 1.29 is 24.9 Å². The maximum Gasteiger partial charge on any atom is 0.326 e. The van der Waals surface area contributed by atoms with E-state index in [1.54, 1.807) is 4.90 Å². The zero-order chi connectivity index (χ0) is 25.1. The molecule has 11 atom stereocenters. The Morgan fingerprint density at radius 1 is 0.971 bits per heavy atom. The van der Waals surface area contributed by atoms with Gasteiger partial charge in [0.05, 0.1) is 12.2 Å². The van der Waals surface area contributed by atoms with Crippen molar-refractivity contribution in [1.29, 1.82) is 0 Å². The number of aliphatic hydroxyl groups excluding tert-OH is 2. The molecule has 0 spiro atoms. The van der Waals surface area contributed by atoms with Crippen molar-refractivity contribution in [3.8, 4) is 0 Å². The molecular weight excluding hydrogens is 442 g/mol. The van der Waals surface area contributed by atoms with Gasteiger partial charge in [-0.2, -0.15) is 0 Å². The fourth-order valence-electron chi connectivity index (χ4n) is 10.2. The van der Waals surface area contributed by atoms with Crippen LogP contribution in [0.15, 0.2) is 0 Å². The topological polar surface area (TPSA) is 98.1 Å². The summed E-state index contributed by atoms with van der Waals surface area (Å²) in [6, 6.07) is -0.639. The summed E-state index contributed by atoms with van der Waals surface area (Å²) in [5, 5.41) is 31.2. The Kier molecular flexibility index (Phi) is 6.78. The van der Waals surface area contributed by atoms with Gasteiger partial charge in [0.2, 0.25) is 5.91 Å². The summed E-state index contributed by atoms with van der Waals surface area (Å²) in [4.78, 5) is 26.0. The first-order valence-electron chi connectivity index (χ1n) is 14.4. The molecule has 5 fully saturated rings. The molecule has 0 radical (unpaired) electrons. The number of rotatable bonds is 5. The molecule has 4 aliphatic carbocycles. The van der Waals surface area contributed by atoms with Crippen LogP contribution in [0.1, 0.15) is 97.8 Å². The van der Waals surface area contributed by atoms with Gasteiger partial charge in [0.25, 0.3) is 0 Å². The smallest absolute Gasteiger partial charge is 0.326 e. The molecule has 3 N–H and O–H groups in total. The molecule has 0 aromatic rings. The number of carboxylic acid groups (broad SMARTS) is 1. The summed E-state index contributed by atoms with van der Waals surface area (Å²) in [5.41, 5.74) is 0.455. The lowest BCUT2D eigenvalue weighted by Gasteiger charge is -2.62. The third-order valence-corrected chi connectivity index (χ3v) is 12.1. The van der Waals surface area contributed by atoms with Gasteiger partial charge in [-0.25, -0.2) is 4.79 Å². The van der Waals surface area contributed by atoms with E-state index in [9.17, 15) is 24.9 Å². The predicted molar refractivity (Wildman–Crippen MR) is 133 cm³/mol. The number of aliphatic carboxylic acids is 1. The lowest BCUT2D eigenvalue weighted by Crippen LogP contribution is -2.58. The van der Waals surface area contributed by atoms with Crippen LogP contribution in [0.2, 0.25) is 0 Å². The standard InChI is InChI=1S/C29H47NO5/c1-17(6-9-25(33)30-14-4-5-23(30)27(34)35)20-7-8-21-26-22(11-13-29(20,21)3)28(2)12-10-19(31)15-18(28)16-24(26)32/h17-24,26,31-32H,4-16H2,1-3H3,(H,34,35)/t17-,18+,19-,20-,21?,22?,23-,24+,26?,28+,29-/m1/s1. The molecule has 198 valence electrons. The van der Waals surface area contributed by atoms with Crippen LogP contribution in [-0.2, 0) is 9.59 Å². The number of carbonyl (C=O) groups excluding carboxylic acids is 1. The number of carbonyl (C=O) groups is 2. The molecule has 5 aliphatic rings. The van der Waals surface area contributed by atoms with E-state index in [1.807, 2.05) is 0 Å². The fourth-order valence-corrected chi connectivity index (χ4v) is 10.2. The highest BCUT2D eigenvalue weighted by atomic mass is 16.4. The van der Waals surface area contributed by atoms with Crippen molar-refractivity contribution in [1.82, 2.24) is 4.90 Å². The zero-order valence-electron chi connectivity index (χ0n) is 22.0. The van der Waals surface area contributed by atoms with Gasteiger partial charge in [-0.05, 0) is 117 Å². The molecule has 6 nitrogen and oxygen atoms in total. The maximum absolute atomic E-state index is 12.9. The highest BCUT2D eigenvalue weighted by Gasteiger charge is 2.62. The van der Waals surface area contributed by atoms with E-state index in [0.717, 1.165) is 38.5 Å². The van der Waals surface area contributed by atoms with Crippen LogP contribution in [0.3, 0.4) is 0 Å². The Morgan fingerprint density at radius 3 is 2.43 bits per heavy atom. The van der Waals surface area contributed by atoms with E-state index in [2.05, 4.69) is 20.8 Å². The number of likely N-dealkylation sites (tertiary alicyclic amines) is 1. The van der Waals surface area contributed by atoms with Crippen molar-refractivity contribution in [2.75, 3.05) is 6.54 Å². The van der Waals surface area contributed by atoms with Crippen molar-refractivity contribution in [2.45, 2.75) is 116 Å². The molecule has 1 aliphatic heterocycles. The number of hydrogen-bond donors (Lipinski definition) is 3. The van der Waals surface area contributed by atoms with Crippen molar-refractivity contribution in [3.63, 3.8) is 0 Å². The number of fused-ring (bicyclic) bond motifs is 5. The van der Waals surface area contributed by atoms with Crippen molar-refractivity contribution in [2.24, 2.45) is 46.3 Å². The predicted octanol–water partition coefficient (Wildman–Crippen LogP) is 4.47. The van der Waals surface area contributed by atoms with Crippen LogP contribution in [-0.4, -0.2) is 56.9 Å². The molecule has 1 amide bonds. The van der Waals surface area contributed by atoms with Crippen LogP contribution < -0.4 is 0 Å². The average Bonchev–Trinajstić information content (AvgIpc) is 3.43. The van der Waals surface area contributed by atoms with Gasteiger partial charge in [-0.15, -0.1) is 0 Å². The van der Waals surface area contributed by atoms with E-state index >= 15 is 0 Å². The van der Waals surface area contributed by atoms with E-state index < -0.39 is 12.0 Å². The zero-order valence-corrected chi connectivity index (χ0v) is 22.0. The SMILES string of the molecule is C[C@H](CCC(=O)N1CCC[C@@H]1C(=O)O)[C@H]1CCC2C3C(CC[C@@]21C)[C@@]1(C)CC[C@@H](O)C[C@H]1C[C@@H]3O. The number of hydrogen-bond acceptors (Lipinski definition) is 4.